The van der Waals surface area contributed by atoms with Gasteiger partial charge < -0.3 is 18.9 Å². The number of hydrogen-bond acceptors (Lipinski definition) is 4. The molecule has 0 amide bonds. The largest absolute Gasteiger partial charge is 0.497 e. The molecule has 2 aromatic carbocycles. The third-order valence-corrected chi connectivity index (χ3v) is 2.86. The molecule has 4 heteroatoms. The van der Waals surface area contributed by atoms with Crippen molar-refractivity contribution in [3.05, 3.63) is 59.7 Å². The van der Waals surface area contributed by atoms with E-state index in [1.165, 1.54) is 0 Å². The van der Waals surface area contributed by atoms with Crippen molar-refractivity contribution < 1.29 is 18.9 Å². The second kappa shape index (κ2) is 10.7. The molecule has 0 heterocycles. The van der Waals surface area contributed by atoms with Crippen LogP contribution in [-0.4, -0.2) is 28.4 Å². The maximum Gasteiger partial charge on any atom is 0.118 e. The van der Waals surface area contributed by atoms with Crippen LogP contribution in [0.2, 0.25) is 0 Å². The summed E-state index contributed by atoms with van der Waals surface area (Å²) in [6.45, 7) is 1.19. The Balaban J connectivity index is 0.000000745. The van der Waals surface area contributed by atoms with Crippen molar-refractivity contribution in [1.82, 2.24) is 0 Å². The van der Waals surface area contributed by atoms with Gasteiger partial charge in [-0.1, -0.05) is 24.3 Å². The van der Waals surface area contributed by atoms with Gasteiger partial charge in [0.1, 0.15) is 11.5 Å². The van der Waals surface area contributed by atoms with E-state index in [2.05, 4.69) is 4.74 Å². The first-order valence-corrected chi connectivity index (χ1v) is 6.97. The number of ether oxygens (including phenoxy) is 4. The summed E-state index contributed by atoms with van der Waals surface area (Å²) in [4.78, 5) is 0. The quantitative estimate of drug-likeness (QED) is 0.815. The van der Waals surface area contributed by atoms with Crippen LogP contribution in [0.4, 0.5) is 0 Å². The molecule has 22 heavy (non-hydrogen) atoms. The summed E-state index contributed by atoms with van der Waals surface area (Å²) in [5.41, 5.74) is 2.27. The minimum Gasteiger partial charge on any atom is -0.497 e. The Morgan fingerprint density at radius 3 is 1.18 bits per heavy atom. The molecule has 0 fully saturated rings. The zero-order chi connectivity index (χ0) is 16.2. The summed E-state index contributed by atoms with van der Waals surface area (Å²) in [5, 5.41) is 0. The molecule has 0 saturated carbocycles. The Morgan fingerprint density at radius 1 is 0.591 bits per heavy atom. The highest BCUT2D eigenvalue weighted by atomic mass is 16.5. The van der Waals surface area contributed by atoms with Crippen molar-refractivity contribution in [2.24, 2.45) is 0 Å². The zero-order valence-electron chi connectivity index (χ0n) is 13.7. The maximum absolute atomic E-state index is 5.67. The van der Waals surface area contributed by atoms with Gasteiger partial charge in [0, 0.05) is 14.2 Å². The van der Waals surface area contributed by atoms with Gasteiger partial charge in [-0.25, -0.2) is 0 Å². The molecule has 0 atom stereocenters. The van der Waals surface area contributed by atoms with E-state index in [1.807, 2.05) is 48.5 Å². The molecule has 0 N–H and O–H groups in total. The predicted molar refractivity (Wildman–Crippen MR) is 87.4 cm³/mol. The lowest BCUT2D eigenvalue weighted by atomic mass is 10.2. The Labute approximate surface area is 132 Å². The summed E-state index contributed by atoms with van der Waals surface area (Å²) in [5.74, 6) is 1.72. The number of benzene rings is 2. The van der Waals surface area contributed by atoms with Crippen molar-refractivity contribution in [1.29, 1.82) is 0 Å². The maximum atomic E-state index is 5.67. The standard InChI is InChI=1S/C16H18O3.C2H6O/c1-17-15-7-3-13(4-8-15)11-19-12-14-5-9-16(18-2)10-6-14;1-3-2/h3-10H,11-12H2,1-2H3;1-2H3. The molecule has 0 unspecified atom stereocenters. The fourth-order valence-electron chi connectivity index (χ4n) is 1.73. The molecule has 0 aliphatic rings. The van der Waals surface area contributed by atoms with Crippen molar-refractivity contribution in [3.8, 4) is 11.5 Å². The summed E-state index contributed by atoms with van der Waals surface area (Å²) < 4.78 is 20.1. The average Bonchev–Trinajstić information content (AvgIpc) is 2.57. The van der Waals surface area contributed by atoms with Crippen LogP contribution in [0.15, 0.2) is 48.5 Å². The zero-order valence-corrected chi connectivity index (χ0v) is 13.7. The first kappa shape index (κ1) is 18.0. The van der Waals surface area contributed by atoms with E-state index in [1.54, 1.807) is 28.4 Å². The van der Waals surface area contributed by atoms with Gasteiger partial charge >= 0.3 is 0 Å². The molecule has 120 valence electrons. The lowest BCUT2D eigenvalue weighted by Gasteiger charge is -2.06. The number of methoxy groups -OCH3 is 3. The second-order valence-corrected chi connectivity index (χ2v) is 4.60. The fraction of sp³-hybridized carbons (Fsp3) is 0.333. The van der Waals surface area contributed by atoms with Gasteiger partial charge in [0.05, 0.1) is 27.4 Å². The highest BCUT2D eigenvalue weighted by molar-refractivity contribution is 5.27. The van der Waals surface area contributed by atoms with Gasteiger partial charge in [0.25, 0.3) is 0 Å². The topological polar surface area (TPSA) is 36.9 Å². The van der Waals surface area contributed by atoms with E-state index in [0.717, 1.165) is 22.6 Å². The van der Waals surface area contributed by atoms with Crippen LogP contribution in [0.25, 0.3) is 0 Å². The third kappa shape index (κ3) is 6.61. The van der Waals surface area contributed by atoms with Gasteiger partial charge in [0.2, 0.25) is 0 Å². The van der Waals surface area contributed by atoms with E-state index in [-0.39, 0.29) is 0 Å². The molecule has 2 aromatic rings. The SMILES string of the molecule is COC.COc1ccc(COCc2ccc(OC)cc2)cc1. The molecular weight excluding hydrogens is 280 g/mol. The highest BCUT2D eigenvalue weighted by Gasteiger charge is 1.97. The van der Waals surface area contributed by atoms with Gasteiger partial charge in [-0.2, -0.15) is 0 Å². The van der Waals surface area contributed by atoms with Crippen molar-refractivity contribution in [2.75, 3.05) is 28.4 Å². The summed E-state index contributed by atoms with van der Waals surface area (Å²) in [7, 11) is 6.57. The molecule has 0 radical (unpaired) electrons. The minimum atomic E-state index is 0.593. The minimum absolute atomic E-state index is 0.593. The number of hydrogen-bond donors (Lipinski definition) is 0. The first-order chi connectivity index (χ1) is 10.7. The van der Waals surface area contributed by atoms with Crippen LogP contribution in [0.5, 0.6) is 11.5 Å². The average molecular weight is 304 g/mol. The molecule has 2 rings (SSSR count). The molecular formula is C18H24O4. The molecule has 0 bridgehead atoms. The van der Waals surface area contributed by atoms with Gasteiger partial charge in [-0.3, -0.25) is 0 Å². The van der Waals surface area contributed by atoms with Crippen molar-refractivity contribution in [3.63, 3.8) is 0 Å². The Hall–Kier alpha value is -2.04. The fourth-order valence-corrected chi connectivity index (χ4v) is 1.73. The lowest BCUT2D eigenvalue weighted by molar-refractivity contribution is 0.107. The monoisotopic (exact) mass is 304 g/mol. The Bertz CT molecular complexity index is 458. The van der Waals surface area contributed by atoms with Crippen molar-refractivity contribution in [2.45, 2.75) is 13.2 Å². The molecule has 0 saturated heterocycles. The van der Waals surface area contributed by atoms with E-state index in [9.17, 15) is 0 Å². The Kier molecular flexibility index (Phi) is 8.72. The van der Waals surface area contributed by atoms with E-state index in [0.29, 0.717) is 13.2 Å². The van der Waals surface area contributed by atoms with Crippen LogP contribution in [0.1, 0.15) is 11.1 Å². The lowest BCUT2D eigenvalue weighted by Crippen LogP contribution is -1.94. The van der Waals surface area contributed by atoms with Crippen LogP contribution < -0.4 is 9.47 Å². The third-order valence-electron chi connectivity index (χ3n) is 2.86. The first-order valence-electron chi connectivity index (χ1n) is 6.97. The van der Waals surface area contributed by atoms with Gasteiger partial charge in [-0.15, -0.1) is 0 Å². The van der Waals surface area contributed by atoms with E-state index < -0.39 is 0 Å². The smallest absolute Gasteiger partial charge is 0.118 e. The molecule has 0 aliphatic carbocycles. The summed E-state index contributed by atoms with van der Waals surface area (Å²) in [6, 6.07) is 15.8. The number of rotatable bonds is 6. The normalized spacial score (nSPS) is 9.64. The van der Waals surface area contributed by atoms with E-state index in [4.69, 9.17) is 14.2 Å². The van der Waals surface area contributed by atoms with Crippen LogP contribution in [0, 0.1) is 0 Å². The summed E-state index contributed by atoms with van der Waals surface area (Å²) in [6.07, 6.45) is 0. The summed E-state index contributed by atoms with van der Waals surface area (Å²) >= 11 is 0. The van der Waals surface area contributed by atoms with Crippen LogP contribution in [-0.2, 0) is 22.7 Å². The van der Waals surface area contributed by atoms with E-state index >= 15 is 0 Å². The van der Waals surface area contributed by atoms with Gasteiger partial charge in [0.15, 0.2) is 0 Å². The highest BCUT2D eigenvalue weighted by Crippen LogP contribution is 2.14. The van der Waals surface area contributed by atoms with Gasteiger partial charge in [-0.05, 0) is 35.4 Å². The molecule has 0 aromatic heterocycles. The van der Waals surface area contributed by atoms with Crippen LogP contribution >= 0.6 is 0 Å². The molecule has 0 spiro atoms. The Morgan fingerprint density at radius 2 is 0.909 bits per heavy atom. The second-order valence-electron chi connectivity index (χ2n) is 4.60. The predicted octanol–water partition coefficient (Wildman–Crippen LogP) is 3.68. The van der Waals surface area contributed by atoms with Crippen molar-refractivity contribution >= 4 is 0 Å². The molecule has 4 nitrogen and oxygen atoms in total. The van der Waals surface area contributed by atoms with Crippen LogP contribution in [0.3, 0.4) is 0 Å². The molecule has 0 aliphatic heterocycles.